The smallest absolute Gasteiger partial charge is 0.152 e. The van der Waals surface area contributed by atoms with Crippen LogP contribution in [0.4, 0.5) is 10.1 Å². The molecule has 0 aliphatic carbocycles. The molecular formula is C15H22FNO. The van der Waals surface area contributed by atoms with Crippen LogP contribution in [0, 0.1) is 11.7 Å². The molecule has 0 radical (unpaired) electrons. The minimum Gasteiger partial charge on any atom is -0.369 e. The van der Waals surface area contributed by atoms with Crippen LogP contribution in [-0.4, -0.2) is 19.4 Å². The Morgan fingerprint density at radius 1 is 1.28 bits per heavy atom. The second kappa shape index (κ2) is 7.14. The van der Waals surface area contributed by atoms with Gasteiger partial charge in [-0.15, -0.1) is 0 Å². The summed E-state index contributed by atoms with van der Waals surface area (Å²) < 4.78 is 13.9. The van der Waals surface area contributed by atoms with Crippen molar-refractivity contribution in [2.24, 2.45) is 5.92 Å². The van der Waals surface area contributed by atoms with Gasteiger partial charge in [-0.05, 0) is 25.0 Å². The standard InChI is InChI=1S/C15H22FNO/c1-4-12(5-2)10-17(6-3)15-13(11-18)8-7-9-14(15)16/h7-9,11-12H,4-6,10H2,1-3H3. The number of carbonyl (C=O) groups is 1. The molecule has 0 heterocycles. The zero-order chi connectivity index (χ0) is 13.5. The Morgan fingerprint density at radius 3 is 2.44 bits per heavy atom. The topological polar surface area (TPSA) is 20.3 Å². The molecule has 0 fully saturated rings. The average Bonchev–Trinajstić information content (AvgIpc) is 2.41. The summed E-state index contributed by atoms with van der Waals surface area (Å²) in [4.78, 5) is 13.0. The fourth-order valence-corrected chi connectivity index (χ4v) is 2.20. The van der Waals surface area contributed by atoms with Crippen molar-refractivity contribution in [3.05, 3.63) is 29.6 Å². The van der Waals surface area contributed by atoms with Crippen molar-refractivity contribution in [2.75, 3.05) is 18.0 Å². The number of anilines is 1. The van der Waals surface area contributed by atoms with Crippen molar-refractivity contribution >= 4 is 12.0 Å². The molecule has 1 aromatic rings. The van der Waals surface area contributed by atoms with Crippen molar-refractivity contribution in [3.8, 4) is 0 Å². The first-order valence-electron chi connectivity index (χ1n) is 6.66. The number of carbonyl (C=O) groups excluding carboxylic acids is 1. The van der Waals surface area contributed by atoms with Gasteiger partial charge in [-0.2, -0.15) is 0 Å². The maximum atomic E-state index is 13.9. The van der Waals surface area contributed by atoms with Crippen LogP contribution in [-0.2, 0) is 0 Å². The van der Waals surface area contributed by atoms with Gasteiger partial charge in [-0.3, -0.25) is 4.79 Å². The molecule has 0 spiro atoms. The number of hydrogen-bond donors (Lipinski definition) is 0. The Bertz CT molecular complexity index is 388. The summed E-state index contributed by atoms with van der Waals surface area (Å²) in [6.45, 7) is 7.78. The molecule has 2 nitrogen and oxygen atoms in total. The molecule has 0 atom stereocenters. The maximum absolute atomic E-state index is 13.9. The van der Waals surface area contributed by atoms with Crippen LogP contribution in [0.3, 0.4) is 0 Å². The van der Waals surface area contributed by atoms with E-state index in [2.05, 4.69) is 13.8 Å². The van der Waals surface area contributed by atoms with Gasteiger partial charge in [0.1, 0.15) is 5.82 Å². The van der Waals surface area contributed by atoms with Crippen molar-refractivity contribution in [2.45, 2.75) is 33.6 Å². The quantitative estimate of drug-likeness (QED) is 0.685. The molecule has 0 bridgehead atoms. The fraction of sp³-hybridized carbons (Fsp3) is 0.533. The van der Waals surface area contributed by atoms with Crippen molar-refractivity contribution < 1.29 is 9.18 Å². The molecule has 0 unspecified atom stereocenters. The Kier molecular flexibility index (Phi) is 5.83. The molecule has 1 aromatic carbocycles. The van der Waals surface area contributed by atoms with Crippen LogP contribution in [0.2, 0.25) is 0 Å². The lowest BCUT2D eigenvalue weighted by atomic mass is 10.0. The molecule has 3 heteroatoms. The first-order chi connectivity index (χ1) is 8.67. The van der Waals surface area contributed by atoms with E-state index in [0.29, 0.717) is 23.7 Å². The lowest BCUT2D eigenvalue weighted by Gasteiger charge is -2.28. The summed E-state index contributed by atoms with van der Waals surface area (Å²) in [5, 5.41) is 0. The van der Waals surface area contributed by atoms with E-state index in [-0.39, 0.29) is 5.82 Å². The van der Waals surface area contributed by atoms with Crippen LogP contribution in [0.25, 0.3) is 0 Å². The highest BCUT2D eigenvalue weighted by Crippen LogP contribution is 2.25. The van der Waals surface area contributed by atoms with E-state index in [1.807, 2.05) is 11.8 Å². The molecule has 100 valence electrons. The number of halogens is 1. The van der Waals surface area contributed by atoms with Gasteiger partial charge in [0.25, 0.3) is 0 Å². The SMILES string of the molecule is CCC(CC)CN(CC)c1c(F)cccc1C=O. The predicted molar refractivity (Wildman–Crippen MR) is 73.7 cm³/mol. The Labute approximate surface area is 109 Å². The molecule has 0 aromatic heterocycles. The Morgan fingerprint density at radius 2 is 1.94 bits per heavy atom. The minimum atomic E-state index is -0.313. The van der Waals surface area contributed by atoms with Gasteiger partial charge in [0.05, 0.1) is 5.69 Å². The molecule has 0 saturated heterocycles. The summed E-state index contributed by atoms with van der Waals surface area (Å²) >= 11 is 0. The van der Waals surface area contributed by atoms with E-state index < -0.39 is 0 Å². The van der Waals surface area contributed by atoms with Crippen molar-refractivity contribution in [3.63, 3.8) is 0 Å². The number of rotatable bonds is 7. The maximum Gasteiger partial charge on any atom is 0.152 e. The molecule has 0 saturated carbocycles. The summed E-state index contributed by atoms with van der Waals surface area (Å²) in [6, 6.07) is 4.66. The number of hydrogen-bond acceptors (Lipinski definition) is 2. The molecule has 18 heavy (non-hydrogen) atoms. The second-order valence-electron chi connectivity index (χ2n) is 4.52. The van der Waals surface area contributed by atoms with Crippen LogP contribution < -0.4 is 4.90 Å². The van der Waals surface area contributed by atoms with Crippen LogP contribution >= 0.6 is 0 Å². The highest BCUT2D eigenvalue weighted by atomic mass is 19.1. The number of para-hydroxylation sites is 1. The monoisotopic (exact) mass is 251 g/mol. The van der Waals surface area contributed by atoms with E-state index >= 15 is 0 Å². The normalized spacial score (nSPS) is 10.7. The first-order valence-corrected chi connectivity index (χ1v) is 6.66. The fourth-order valence-electron chi connectivity index (χ4n) is 2.20. The first kappa shape index (κ1) is 14.7. The van der Waals surface area contributed by atoms with Crippen LogP contribution in [0.15, 0.2) is 18.2 Å². The van der Waals surface area contributed by atoms with Crippen LogP contribution in [0.1, 0.15) is 44.0 Å². The Hall–Kier alpha value is -1.38. The molecule has 0 N–H and O–H groups in total. The lowest BCUT2D eigenvalue weighted by molar-refractivity contribution is 0.112. The minimum absolute atomic E-state index is 0.313. The van der Waals surface area contributed by atoms with Gasteiger partial charge in [0, 0.05) is 18.7 Å². The molecule has 1 rings (SSSR count). The molecular weight excluding hydrogens is 229 g/mol. The average molecular weight is 251 g/mol. The summed E-state index contributed by atoms with van der Waals surface area (Å²) in [5.41, 5.74) is 0.879. The predicted octanol–water partition coefficient (Wildman–Crippen LogP) is 3.90. The van der Waals surface area contributed by atoms with Gasteiger partial charge in [0.2, 0.25) is 0 Å². The van der Waals surface area contributed by atoms with Gasteiger partial charge < -0.3 is 4.90 Å². The van der Waals surface area contributed by atoms with E-state index in [4.69, 9.17) is 0 Å². The summed E-state index contributed by atoms with van der Waals surface area (Å²) in [5.74, 6) is 0.219. The van der Waals surface area contributed by atoms with E-state index in [9.17, 15) is 9.18 Å². The molecule has 0 aliphatic rings. The zero-order valence-corrected chi connectivity index (χ0v) is 11.4. The van der Waals surface area contributed by atoms with Crippen LogP contribution in [0.5, 0.6) is 0 Å². The van der Waals surface area contributed by atoms with Crippen molar-refractivity contribution in [1.29, 1.82) is 0 Å². The highest BCUT2D eigenvalue weighted by Gasteiger charge is 2.17. The van der Waals surface area contributed by atoms with E-state index in [1.165, 1.54) is 6.07 Å². The summed E-state index contributed by atoms with van der Waals surface area (Å²) in [7, 11) is 0. The van der Waals surface area contributed by atoms with Gasteiger partial charge in [-0.1, -0.05) is 32.8 Å². The zero-order valence-electron chi connectivity index (χ0n) is 11.4. The molecule has 0 amide bonds. The second-order valence-corrected chi connectivity index (χ2v) is 4.52. The molecule has 0 aliphatic heterocycles. The summed E-state index contributed by atoms with van der Waals surface area (Å²) in [6.07, 6.45) is 2.86. The number of aldehydes is 1. The third kappa shape index (κ3) is 3.31. The van der Waals surface area contributed by atoms with E-state index in [0.717, 1.165) is 25.7 Å². The van der Waals surface area contributed by atoms with Crippen molar-refractivity contribution in [1.82, 2.24) is 0 Å². The van der Waals surface area contributed by atoms with Gasteiger partial charge in [0.15, 0.2) is 6.29 Å². The Balaban J connectivity index is 3.04. The number of benzene rings is 1. The van der Waals surface area contributed by atoms with E-state index in [1.54, 1.807) is 12.1 Å². The number of nitrogens with zero attached hydrogens (tertiary/aromatic N) is 1. The highest BCUT2D eigenvalue weighted by molar-refractivity contribution is 5.84. The lowest BCUT2D eigenvalue weighted by Crippen LogP contribution is -2.30. The van der Waals surface area contributed by atoms with Gasteiger partial charge in [-0.25, -0.2) is 4.39 Å². The van der Waals surface area contributed by atoms with Gasteiger partial charge >= 0.3 is 0 Å². The largest absolute Gasteiger partial charge is 0.369 e. The third-order valence-electron chi connectivity index (χ3n) is 3.48. The third-order valence-corrected chi connectivity index (χ3v) is 3.48.